The molecule has 140 valence electrons. The first-order valence-electron chi connectivity index (χ1n) is 8.61. The van der Waals surface area contributed by atoms with Crippen LogP contribution >= 0.6 is 0 Å². The number of methoxy groups -OCH3 is 1. The predicted molar refractivity (Wildman–Crippen MR) is 98.1 cm³/mol. The average molecular weight is 349 g/mol. The van der Waals surface area contributed by atoms with Crippen molar-refractivity contribution in [2.75, 3.05) is 7.11 Å². The standard InChI is InChI=1S/C19H27NO4.CH4/c1-13-8-7-11-16(12-13)17(20-19(22)23-3)18(21)24-14(2)15-9-5-4-6-10-15;/h4-6,9-10,13-14,16-17H,7-8,11-12H2,1-3H3,(H,20,22);1H4/t13-,14+,16-,17?;/m1./s1. The highest BCUT2D eigenvalue weighted by molar-refractivity contribution is 5.81. The fourth-order valence-corrected chi connectivity index (χ4v) is 3.38. The van der Waals surface area contributed by atoms with Gasteiger partial charge in [0, 0.05) is 0 Å². The van der Waals surface area contributed by atoms with E-state index in [4.69, 9.17) is 4.74 Å². The molecule has 0 spiro atoms. The van der Waals surface area contributed by atoms with Gasteiger partial charge in [-0.15, -0.1) is 0 Å². The molecule has 1 saturated carbocycles. The lowest BCUT2D eigenvalue weighted by Gasteiger charge is -2.32. The molecule has 4 atom stereocenters. The van der Waals surface area contributed by atoms with E-state index in [1.165, 1.54) is 7.11 Å². The molecule has 0 radical (unpaired) electrons. The molecule has 1 aromatic rings. The lowest BCUT2D eigenvalue weighted by atomic mass is 9.78. The van der Waals surface area contributed by atoms with Crippen LogP contribution in [0.2, 0.25) is 0 Å². The second kappa shape index (κ2) is 10.1. The van der Waals surface area contributed by atoms with Crippen LogP contribution in [0.15, 0.2) is 30.3 Å². The van der Waals surface area contributed by atoms with Gasteiger partial charge in [-0.2, -0.15) is 0 Å². The Morgan fingerprint density at radius 3 is 2.48 bits per heavy atom. The summed E-state index contributed by atoms with van der Waals surface area (Å²) in [7, 11) is 1.30. The molecule has 25 heavy (non-hydrogen) atoms. The third-order valence-corrected chi connectivity index (χ3v) is 4.72. The number of hydrogen-bond donors (Lipinski definition) is 1. The minimum Gasteiger partial charge on any atom is -0.456 e. The van der Waals surface area contributed by atoms with E-state index in [-0.39, 0.29) is 19.4 Å². The van der Waals surface area contributed by atoms with Crippen LogP contribution in [-0.4, -0.2) is 25.2 Å². The fraction of sp³-hybridized carbons (Fsp3) is 0.600. The molecular formula is C20H31NO4. The highest BCUT2D eigenvalue weighted by atomic mass is 16.6. The predicted octanol–water partition coefficient (Wildman–Crippen LogP) is 4.48. The average Bonchev–Trinajstić information content (AvgIpc) is 2.60. The van der Waals surface area contributed by atoms with E-state index in [0.717, 1.165) is 31.2 Å². The van der Waals surface area contributed by atoms with E-state index in [1.807, 2.05) is 37.3 Å². The molecule has 1 fully saturated rings. The van der Waals surface area contributed by atoms with Crippen molar-refractivity contribution in [3.05, 3.63) is 35.9 Å². The molecule has 0 aromatic heterocycles. The van der Waals surface area contributed by atoms with Crippen LogP contribution in [0.25, 0.3) is 0 Å². The molecule has 1 amide bonds. The smallest absolute Gasteiger partial charge is 0.407 e. The van der Waals surface area contributed by atoms with E-state index in [2.05, 4.69) is 17.0 Å². The van der Waals surface area contributed by atoms with Crippen LogP contribution in [0, 0.1) is 11.8 Å². The molecule has 0 heterocycles. The molecule has 0 bridgehead atoms. The van der Waals surface area contributed by atoms with Crippen molar-refractivity contribution >= 4 is 12.1 Å². The van der Waals surface area contributed by atoms with Crippen molar-refractivity contribution in [1.82, 2.24) is 5.32 Å². The molecule has 1 aromatic carbocycles. The highest BCUT2D eigenvalue weighted by Gasteiger charge is 2.35. The molecule has 1 unspecified atom stereocenters. The minimum atomic E-state index is -0.661. The number of ether oxygens (including phenoxy) is 2. The number of amides is 1. The summed E-state index contributed by atoms with van der Waals surface area (Å²) in [6.07, 6.45) is 3.09. The zero-order chi connectivity index (χ0) is 17.5. The van der Waals surface area contributed by atoms with Gasteiger partial charge in [0.2, 0.25) is 0 Å². The third-order valence-electron chi connectivity index (χ3n) is 4.72. The topological polar surface area (TPSA) is 64.6 Å². The van der Waals surface area contributed by atoms with E-state index >= 15 is 0 Å². The van der Waals surface area contributed by atoms with Gasteiger partial charge in [-0.05, 0) is 37.2 Å². The number of nitrogens with one attached hydrogen (secondary N) is 1. The first kappa shape index (κ1) is 21.0. The molecular weight excluding hydrogens is 318 g/mol. The van der Waals surface area contributed by atoms with Crippen molar-refractivity contribution < 1.29 is 19.1 Å². The summed E-state index contributed by atoms with van der Waals surface area (Å²) < 4.78 is 10.3. The number of rotatable bonds is 5. The summed E-state index contributed by atoms with van der Waals surface area (Å²) in [6.45, 7) is 4.02. The maximum atomic E-state index is 12.7. The van der Waals surface area contributed by atoms with Gasteiger partial charge in [-0.25, -0.2) is 9.59 Å². The first-order valence-corrected chi connectivity index (χ1v) is 8.61. The van der Waals surface area contributed by atoms with Gasteiger partial charge in [0.1, 0.15) is 12.1 Å². The molecule has 1 aliphatic rings. The molecule has 2 rings (SSSR count). The van der Waals surface area contributed by atoms with E-state index in [1.54, 1.807) is 0 Å². The second-order valence-electron chi connectivity index (χ2n) is 6.64. The first-order chi connectivity index (χ1) is 11.5. The van der Waals surface area contributed by atoms with Crippen LogP contribution in [0.3, 0.4) is 0 Å². The molecule has 5 heteroatoms. The highest BCUT2D eigenvalue weighted by Crippen LogP contribution is 2.32. The Morgan fingerprint density at radius 1 is 1.20 bits per heavy atom. The van der Waals surface area contributed by atoms with Crippen molar-refractivity contribution in [2.24, 2.45) is 11.8 Å². The Labute approximate surface area is 151 Å². The van der Waals surface area contributed by atoms with E-state index in [0.29, 0.717) is 5.92 Å². The number of esters is 1. The zero-order valence-electron chi connectivity index (χ0n) is 14.7. The van der Waals surface area contributed by atoms with Gasteiger partial charge in [-0.1, -0.05) is 57.5 Å². The van der Waals surface area contributed by atoms with Crippen molar-refractivity contribution in [1.29, 1.82) is 0 Å². The van der Waals surface area contributed by atoms with Gasteiger partial charge in [-0.3, -0.25) is 0 Å². The Hall–Kier alpha value is -2.04. The van der Waals surface area contributed by atoms with Crippen molar-refractivity contribution in [3.63, 3.8) is 0 Å². The van der Waals surface area contributed by atoms with Crippen LogP contribution < -0.4 is 5.32 Å². The van der Waals surface area contributed by atoms with Gasteiger partial charge in [0.25, 0.3) is 0 Å². The normalized spacial score (nSPS) is 22.0. The van der Waals surface area contributed by atoms with Crippen LogP contribution in [0.1, 0.15) is 58.6 Å². The minimum absolute atomic E-state index is 0. The van der Waals surface area contributed by atoms with Gasteiger partial charge in [0.15, 0.2) is 0 Å². The number of carbonyl (C=O) groups excluding carboxylic acids is 2. The third kappa shape index (κ3) is 6.07. The number of alkyl carbamates (subject to hydrolysis) is 1. The summed E-state index contributed by atoms with van der Waals surface area (Å²) in [5.74, 6) is 0.240. The van der Waals surface area contributed by atoms with Crippen molar-refractivity contribution in [2.45, 2.75) is 59.1 Å². The van der Waals surface area contributed by atoms with Crippen LogP contribution in [-0.2, 0) is 14.3 Å². The van der Waals surface area contributed by atoms with Gasteiger partial charge < -0.3 is 14.8 Å². The maximum Gasteiger partial charge on any atom is 0.407 e. The molecule has 1 N–H and O–H groups in total. The maximum absolute atomic E-state index is 12.7. The number of carbonyl (C=O) groups is 2. The lowest BCUT2D eigenvalue weighted by Crippen LogP contribution is -2.48. The monoisotopic (exact) mass is 349 g/mol. The molecule has 0 saturated heterocycles. The summed E-state index contributed by atoms with van der Waals surface area (Å²) in [5.41, 5.74) is 0.930. The Kier molecular flexibility index (Phi) is 8.46. The quantitative estimate of drug-likeness (QED) is 0.796. The summed E-state index contributed by atoms with van der Waals surface area (Å²) in [6, 6.07) is 8.92. The van der Waals surface area contributed by atoms with Crippen LogP contribution in [0.4, 0.5) is 4.79 Å². The summed E-state index contributed by atoms with van der Waals surface area (Å²) in [4.78, 5) is 24.4. The Balaban J connectivity index is 0.00000312. The molecule has 0 aliphatic heterocycles. The second-order valence-corrected chi connectivity index (χ2v) is 6.64. The van der Waals surface area contributed by atoms with Gasteiger partial charge >= 0.3 is 12.1 Å². The van der Waals surface area contributed by atoms with Crippen molar-refractivity contribution in [3.8, 4) is 0 Å². The lowest BCUT2D eigenvalue weighted by molar-refractivity contribution is -0.153. The largest absolute Gasteiger partial charge is 0.456 e. The summed E-state index contributed by atoms with van der Waals surface area (Å²) >= 11 is 0. The molecule has 1 aliphatic carbocycles. The SMILES string of the molecule is C.COC(=O)NC(C(=O)O[C@@H](C)c1ccccc1)[C@@H]1CCC[C@@H](C)C1. The van der Waals surface area contributed by atoms with Gasteiger partial charge in [0.05, 0.1) is 7.11 Å². The van der Waals surface area contributed by atoms with E-state index < -0.39 is 18.1 Å². The summed E-state index contributed by atoms with van der Waals surface area (Å²) in [5, 5.41) is 2.68. The fourth-order valence-electron chi connectivity index (χ4n) is 3.38. The Morgan fingerprint density at radius 2 is 1.88 bits per heavy atom. The number of hydrogen-bond acceptors (Lipinski definition) is 4. The molecule has 5 nitrogen and oxygen atoms in total. The zero-order valence-corrected chi connectivity index (χ0v) is 14.7. The number of benzene rings is 1. The van der Waals surface area contributed by atoms with E-state index in [9.17, 15) is 9.59 Å². The van der Waals surface area contributed by atoms with Crippen LogP contribution in [0.5, 0.6) is 0 Å². The Bertz CT molecular complexity index is 546.